The van der Waals surface area contributed by atoms with E-state index < -0.39 is 21.9 Å². The van der Waals surface area contributed by atoms with E-state index in [1.807, 2.05) is 18.2 Å². The predicted molar refractivity (Wildman–Crippen MR) is 103 cm³/mol. The summed E-state index contributed by atoms with van der Waals surface area (Å²) in [5.41, 5.74) is 6.76. The molecular formula is C19H23N3O4S. The zero-order valence-corrected chi connectivity index (χ0v) is 16.0. The molecule has 3 amide bonds. The lowest BCUT2D eigenvalue weighted by Gasteiger charge is -2.20. The monoisotopic (exact) mass is 389 g/mol. The molecule has 0 aliphatic rings. The van der Waals surface area contributed by atoms with Gasteiger partial charge in [0.1, 0.15) is 0 Å². The fourth-order valence-corrected chi connectivity index (χ4v) is 3.31. The summed E-state index contributed by atoms with van der Waals surface area (Å²) in [5.74, 6) is -0.266. The van der Waals surface area contributed by atoms with Gasteiger partial charge in [0, 0.05) is 6.26 Å². The summed E-state index contributed by atoms with van der Waals surface area (Å²) in [6.45, 7) is 1.80. The molecule has 2 rings (SSSR count). The molecule has 27 heavy (non-hydrogen) atoms. The third-order valence-electron chi connectivity index (χ3n) is 4.09. The van der Waals surface area contributed by atoms with Gasteiger partial charge in [-0.15, -0.1) is 0 Å². The number of nitrogens with one attached hydrogen (secondary N) is 2. The highest BCUT2D eigenvalue weighted by molar-refractivity contribution is 7.90. The summed E-state index contributed by atoms with van der Waals surface area (Å²) in [6.07, 6.45) is 1.17. The van der Waals surface area contributed by atoms with Gasteiger partial charge in [0.2, 0.25) is 5.91 Å². The van der Waals surface area contributed by atoms with Gasteiger partial charge in [-0.3, -0.25) is 4.79 Å². The first-order valence-corrected chi connectivity index (χ1v) is 10.3. The van der Waals surface area contributed by atoms with Gasteiger partial charge in [-0.25, -0.2) is 13.2 Å². The summed E-state index contributed by atoms with van der Waals surface area (Å²) in [6, 6.07) is 13.9. The van der Waals surface area contributed by atoms with Gasteiger partial charge in [0.05, 0.1) is 23.4 Å². The smallest absolute Gasteiger partial charge is 0.312 e. The molecule has 0 bridgehead atoms. The second-order valence-corrected chi connectivity index (χ2v) is 8.32. The molecule has 2 aromatic carbocycles. The second kappa shape index (κ2) is 8.68. The number of carbonyl (C=O) groups excluding carboxylic acids is 2. The van der Waals surface area contributed by atoms with Crippen LogP contribution in [0.4, 0.5) is 4.79 Å². The molecule has 144 valence electrons. The minimum atomic E-state index is -3.27. The first-order valence-electron chi connectivity index (χ1n) is 8.37. The van der Waals surface area contributed by atoms with Gasteiger partial charge in [-0.1, -0.05) is 42.5 Å². The Labute approximate surface area is 158 Å². The van der Waals surface area contributed by atoms with Crippen LogP contribution in [-0.4, -0.2) is 26.6 Å². The van der Waals surface area contributed by atoms with Crippen LogP contribution < -0.4 is 16.4 Å². The number of sulfone groups is 1. The van der Waals surface area contributed by atoms with Crippen molar-refractivity contribution in [2.45, 2.75) is 30.3 Å². The van der Waals surface area contributed by atoms with E-state index >= 15 is 0 Å². The van der Waals surface area contributed by atoms with Crippen molar-refractivity contribution < 1.29 is 18.0 Å². The number of benzene rings is 2. The van der Waals surface area contributed by atoms with E-state index in [-0.39, 0.29) is 23.3 Å². The average molecular weight is 389 g/mol. The Morgan fingerprint density at radius 2 is 1.56 bits per heavy atom. The quantitative estimate of drug-likeness (QED) is 0.672. The molecule has 0 fully saturated rings. The minimum Gasteiger partial charge on any atom is -0.352 e. The Morgan fingerprint density at radius 1 is 0.963 bits per heavy atom. The number of nitrogens with two attached hydrogens (primary N) is 1. The maximum Gasteiger partial charge on any atom is 0.312 e. The van der Waals surface area contributed by atoms with Gasteiger partial charge in [0.15, 0.2) is 9.84 Å². The Kier molecular flexibility index (Phi) is 6.57. The Hall–Kier alpha value is -2.87. The van der Waals surface area contributed by atoms with Crippen LogP contribution in [0.5, 0.6) is 0 Å². The van der Waals surface area contributed by atoms with Crippen LogP contribution in [0.3, 0.4) is 0 Å². The van der Waals surface area contributed by atoms with Crippen molar-refractivity contribution in [2.24, 2.45) is 5.73 Å². The number of rotatable bonds is 7. The van der Waals surface area contributed by atoms with Crippen molar-refractivity contribution in [3.8, 4) is 0 Å². The fraction of sp³-hybridized carbons (Fsp3) is 0.263. The Morgan fingerprint density at radius 3 is 2.07 bits per heavy atom. The number of hydrogen-bond donors (Lipinski definition) is 3. The molecule has 2 unspecified atom stereocenters. The molecule has 0 aliphatic carbocycles. The summed E-state index contributed by atoms with van der Waals surface area (Å²) in [7, 11) is -3.27. The standard InChI is InChI=1S/C19H23N3O4S/c1-13(14-8-10-16(11-9-14)27(2,25)26)21-18(23)12-17(22-19(20)24)15-6-4-3-5-7-15/h3-11,13,17H,12H2,1-2H3,(H,21,23)(H3,20,22,24). The van der Waals surface area contributed by atoms with E-state index in [0.717, 1.165) is 17.4 Å². The highest BCUT2D eigenvalue weighted by atomic mass is 32.2. The molecule has 7 nitrogen and oxygen atoms in total. The summed E-state index contributed by atoms with van der Waals surface area (Å²) in [5, 5.41) is 5.42. The lowest BCUT2D eigenvalue weighted by Crippen LogP contribution is -2.37. The van der Waals surface area contributed by atoms with Crippen molar-refractivity contribution in [1.82, 2.24) is 10.6 Å². The van der Waals surface area contributed by atoms with Gasteiger partial charge in [-0.2, -0.15) is 0 Å². The first kappa shape index (κ1) is 20.4. The van der Waals surface area contributed by atoms with Crippen LogP contribution in [0.15, 0.2) is 59.5 Å². The Balaban J connectivity index is 2.05. The van der Waals surface area contributed by atoms with E-state index in [1.165, 1.54) is 12.1 Å². The zero-order valence-electron chi connectivity index (χ0n) is 15.2. The number of hydrogen-bond acceptors (Lipinski definition) is 4. The average Bonchev–Trinajstić information content (AvgIpc) is 2.61. The lowest BCUT2D eigenvalue weighted by atomic mass is 10.0. The van der Waals surface area contributed by atoms with E-state index in [4.69, 9.17) is 5.73 Å². The minimum absolute atomic E-state index is 0.0265. The highest BCUT2D eigenvalue weighted by Crippen LogP contribution is 2.19. The summed E-state index contributed by atoms with van der Waals surface area (Å²) >= 11 is 0. The maximum atomic E-state index is 12.4. The van der Waals surface area contributed by atoms with Crippen LogP contribution in [0.2, 0.25) is 0 Å². The summed E-state index contributed by atoms with van der Waals surface area (Å²) in [4.78, 5) is 23.9. The molecular weight excluding hydrogens is 366 g/mol. The highest BCUT2D eigenvalue weighted by Gasteiger charge is 2.19. The number of primary amides is 1. The molecule has 2 atom stereocenters. The molecule has 0 aliphatic heterocycles. The fourth-order valence-electron chi connectivity index (χ4n) is 2.68. The molecule has 0 saturated heterocycles. The van der Waals surface area contributed by atoms with E-state index in [9.17, 15) is 18.0 Å². The van der Waals surface area contributed by atoms with Crippen molar-refractivity contribution >= 4 is 21.8 Å². The number of amides is 3. The van der Waals surface area contributed by atoms with Crippen molar-refractivity contribution in [1.29, 1.82) is 0 Å². The molecule has 0 radical (unpaired) electrons. The normalized spacial score (nSPS) is 13.4. The van der Waals surface area contributed by atoms with Gasteiger partial charge in [-0.05, 0) is 30.2 Å². The molecule has 2 aromatic rings. The largest absolute Gasteiger partial charge is 0.352 e. The van der Waals surface area contributed by atoms with Crippen LogP contribution in [0.1, 0.15) is 36.6 Å². The Bertz CT molecular complexity index is 896. The third-order valence-corrected chi connectivity index (χ3v) is 5.22. The molecule has 0 heterocycles. The van der Waals surface area contributed by atoms with Crippen LogP contribution in [0, 0.1) is 0 Å². The van der Waals surface area contributed by atoms with Crippen molar-refractivity contribution in [3.05, 3.63) is 65.7 Å². The van der Waals surface area contributed by atoms with Crippen molar-refractivity contribution in [2.75, 3.05) is 6.26 Å². The van der Waals surface area contributed by atoms with E-state index in [1.54, 1.807) is 31.2 Å². The third kappa shape index (κ3) is 6.10. The first-order chi connectivity index (χ1) is 12.7. The molecule has 8 heteroatoms. The number of carbonyl (C=O) groups is 2. The second-order valence-electron chi connectivity index (χ2n) is 6.31. The molecule has 0 aromatic heterocycles. The predicted octanol–water partition coefficient (Wildman–Crippen LogP) is 2.07. The van der Waals surface area contributed by atoms with E-state index in [0.29, 0.717) is 0 Å². The van der Waals surface area contributed by atoms with Crippen molar-refractivity contribution in [3.63, 3.8) is 0 Å². The topological polar surface area (TPSA) is 118 Å². The molecule has 0 saturated carbocycles. The SMILES string of the molecule is CC(NC(=O)CC(NC(N)=O)c1ccccc1)c1ccc(S(C)(=O)=O)cc1. The van der Waals surface area contributed by atoms with Gasteiger partial charge >= 0.3 is 6.03 Å². The van der Waals surface area contributed by atoms with E-state index in [2.05, 4.69) is 10.6 Å². The summed E-state index contributed by atoms with van der Waals surface area (Å²) < 4.78 is 23.0. The van der Waals surface area contributed by atoms with Crippen LogP contribution >= 0.6 is 0 Å². The maximum absolute atomic E-state index is 12.4. The van der Waals surface area contributed by atoms with Gasteiger partial charge < -0.3 is 16.4 Å². The van der Waals surface area contributed by atoms with Gasteiger partial charge in [0.25, 0.3) is 0 Å². The molecule has 4 N–H and O–H groups in total. The van der Waals surface area contributed by atoms with Crippen LogP contribution in [-0.2, 0) is 14.6 Å². The number of urea groups is 1. The zero-order chi connectivity index (χ0) is 20.0. The van der Waals surface area contributed by atoms with Crippen LogP contribution in [0.25, 0.3) is 0 Å². The molecule has 0 spiro atoms. The lowest BCUT2D eigenvalue weighted by molar-refractivity contribution is -0.122.